The third kappa shape index (κ3) is 3.99. The lowest BCUT2D eigenvalue weighted by Crippen LogP contribution is -2.50. The van der Waals surface area contributed by atoms with E-state index in [1.165, 1.54) is 12.1 Å². The first-order valence-corrected chi connectivity index (χ1v) is 6.15. The van der Waals surface area contributed by atoms with E-state index in [4.69, 9.17) is 0 Å². The number of carbonyl (C=O) groups is 2. The minimum absolute atomic E-state index is 0.0877. The van der Waals surface area contributed by atoms with Crippen molar-refractivity contribution in [3.8, 4) is 5.75 Å². The SMILES string of the molecule is O=C1CCC(NCc2ccc(OC(F)F)cc2)C(=O)N1. The molecule has 1 aromatic carbocycles. The largest absolute Gasteiger partial charge is 0.435 e. The van der Waals surface area contributed by atoms with Gasteiger partial charge in [-0.25, -0.2) is 0 Å². The van der Waals surface area contributed by atoms with Gasteiger partial charge in [0.05, 0.1) is 6.04 Å². The highest BCUT2D eigenvalue weighted by Gasteiger charge is 2.25. The first-order valence-electron chi connectivity index (χ1n) is 6.15. The molecule has 0 saturated carbocycles. The highest BCUT2D eigenvalue weighted by atomic mass is 19.3. The van der Waals surface area contributed by atoms with Gasteiger partial charge in [0, 0.05) is 13.0 Å². The molecule has 20 heavy (non-hydrogen) atoms. The van der Waals surface area contributed by atoms with Crippen LogP contribution in [0, 0.1) is 0 Å². The van der Waals surface area contributed by atoms with Gasteiger partial charge < -0.3 is 10.1 Å². The molecule has 0 bridgehead atoms. The van der Waals surface area contributed by atoms with Crippen LogP contribution in [-0.4, -0.2) is 24.5 Å². The average molecular weight is 284 g/mol. The van der Waals surface area contributed by atoms with Crippen LogP contribution in [-0.2, 0) is 16.1 Å². The number of halogens is 2. The fraction of sp³-hybridized carbons (Fsp3) is 0.385. The molecule has 7 heteroatoms. The summed E-state index contributed by atoms with van der Waals surface area (Å²) in [7, 11) is 0. The minimum Gasteiger partial charge on any atom is -0.435 e. The summed E-state index contributed by atoms with van der Waals surface area (Å²) in [5.41, 5.74) is 0.830. The Hall–Kier alpha value is -2.02. The lowest BCUT2D eigenvalue weighted by molar-refractivity contribution is -0.134. The number of piperidine rings is 1. The molecule has 2 N–H and O–H groups in total. The zero-order valence-corrected chi connectivity index (χ0v) is 10.6. The number of alkyl halides is 2. The molecule has 0 radical (unpaired) electrons. The molecule has 1 aromatic rings. The van der Waals surface area contributed by atoms with E-state index < -0.39 is 12.7 Å². The summed E-state index contributed by atoms with van der Waals surface area (Å²) in [6.45, 7) is -2.44. The van der Waals surface area contributed by atoms with Crippen LogP contribution in [0.1, 0.15) is 18.4 Å². The second-order valence-corrected chi connectivity index (χ2v) is 4.41. The Morgan fingerprint density at radius 2 is 2.00 bits per heavy atom. The maximum absolute atomic E-state index is 12.0. The predicted molar refractivity (Wildman–Crippen MR) is 66.1 cm³/mol. The van der Waals surface area contributed by atoms with Crippen molar-refractivity contribution in [3.63, 3.8) is 0 Å². The zero-order chi connectivity index (χ0) is 14.5. The van der Waals surface area contributed by atoms with Crippen LogP contribution in [0.25, 0.3) is 0 Å². The predicted octanol–water partition coefficient (Wildman–Crippen LogP) is 1.18. The Morgan fingerprint density at radius 1 is 1.30 bits per heavy atom. The quantitative estimate of drug-likeness (QED) is 0.797. The second-order valence-electron chi connectivity index (χ2n) is 4.41. The molecule has 1 unspecified atom stereocenters. The highest BCUT2D eigenvalue weighted by molar-refractivity contribution is 6.00. The summed E-state index contributed by atoms with van der Waals surface area (Å²) < 4.78 is 28.2. The van der Waals surface area contributed by atoms with Gasteiger partial charge >= 0.3 is 6.61 Å². The molecule has 1 saturated heterocycles. The molecule has 1 heterocycles. The van der Waals surface area contributed by atoms with Gasteiger partial charge in [-0.05, 0) is 24.1 Å². The number of imide groups is 1. The number of amides is 2. The molecular weight excluding hydrogens is 270 g/mol. The lowest BCUT2D eigenvalue weighted by atomic mass is 10.1. The van der Waals surface area contributed by atoms with Gasteiger partial charge in [0.15, 0.2) is 0 Å². The zero-order valence-electron chi connectivity index (χ0n) is 10.6. The van der Waals surface area contributed by atoms with E-state index in [0.29, 0.717) is 19.4 Å². The number of rotatable bonds is 5. The van der Waals surface area contributed by atoms with Crippen LogP contribution in [0.2, 0.25) is 0 Å². The third-order valence-electron chi connectivity index (χ3n) is 2.94. The van der Waals surface area contributed by atoms with E-state index >= 15 is 0 Å². The van der Waals surface area contributed by atoms with Gasteiger partial charge in [0.2, 0.25) is 11.8 Å². The number of hydrogen-bond donors (Lipinski definition) is 2. The molecule has 1 atom stereocenters. The van der Waals surface area contributed by atoms with E-state index in [1.807, 2.05) is 0 Å². The van der Waals surface area contributed by atoms with Crippen LogP contribution in [0.15, 0.2) is 24.3 Å². The highest BCUT2D eigenvalue weighted by Crippen LogP contribution is 2.15. The molecule has 2 rings (SSSR count). The van der Waals surface area contributed by atoms with E-state index in [9.17, 15) is 18.4 Å². The number of ether oxygens (including phenoxy) is 1. The smallest absolute Gasteiger partial charge is 0.387 e. The normalized spacial score (nSPS) is 19.1. The van der Waals surface area contributed by atoms with Gasteiger partial charge in [-0.3, -0.25) is 14.9 Å². The van der Waals surface area contributed by atoms with Crippen molar-refractivity contribution in [2.75, 3.05) is 0 Å². The molecule has 1 fully saturated rings. The van der Waals surface area contributed by atoms with Crippen LogP contribution in [0.4, 0.5) is 8.78 Å². The lowest BCUT2D eigenvalue weighted by Gasteiger charge is -2.21. The Morgan fingerprint density at radius 3 is 2.60 bits per heavy atom. The van der Waals surface area contributed by atoms with Crippen LogP contribution < -0.4 is 15.4 Å². The van der Waals surface area contributed by atoms with Crippen LogP contribution >= 0.6 is 0 Å². The van der Waals surface area contributed by atoms with Gasteiger partial charge in [-0.15, -0.1) is 0 Å². The van der Waals surface area contributed by atoms with E-state index in [-0.39, 0.29) is 17.6 Å². The van der Waals surface area contributed by atoms with Crippen LogP contribution in [0.5, 0.6) is 5.75 Å². The molecule has 2 amide bonds. The van der Waals surface area contributed by atoms with Crippen molar-refractivity contribution in [2.45, 2.75) is 32.0 Å². The monoisotopic (exact) mass is 284 g/mol. The molecule has 0 aromatic heterocycles. The fourth-order valence-corrected chi connectivity index (χ4v) is 1.92. The number of nitrogens with one attached hydrogen (secondary N) is 2. The van der Waals surface area contributed by atoms with E-state index in [0.717, 1.165) is 5.56 Å². The number of hydrogen-bond acceptors (Lipinski definition) is 4. The van der Waals surface area contributed by atoms with Gasteiger partial charge in [0.1, 0.15) is 5.75 Å². The fourth-order valence-electron chi connectivity index (χ4n) is 1.92. The molecule has 0 spiro atoms. The Bertz CT molecular complexity index is 491. The van der Waals surface area contributed by atoms with Crippen molar-refractivity contribution < 1.29 is 23.1 Å². The average Bonchev–Trinajstić information content (AvgIpc) is 2.39. The summed E-state index contributed by atoms with van der Waals surface area (Å²) >= 11 is 0. The summed E-state index contributed by atoms with van der Waals surface area (Å²) in [5, 5.41) is 5.27. The van der Waals surface area contributed by atoms with Crippen molar-refractivity contribution in [2.24, 2.45) is 0 Å². The topological polar surface area (TPSA) is 67.4 Å². The molecule has 0 aliphatic carbocycles. The Balaban J connectivity index is 1.84. The van der Waals surface area contributed by atoms with Crippen LogP contribution in [0.3, 0.4) is 0 Å². The van der Waals surface area contributed by atoms with Gasteiger partial charge in [-0.2, -0.15) is 8.78 Å². The van der Waals surface area contributed by atoms with E-state index in [1.54, 1.807) is 12.1 Å². The molecular formula is C13H14F2N2O3. The molecule has 108 valence electrons. The van der Waals surface area contributed by atoms with Crippen molar-refractivity contribution in [1.29, 1.82) is 0 Å². The minimum atomic E-state index is -2.84. The van der Waals surface area contributed by atoms with Crippen molar-refractivity contribution in [3.05, 3.63) is 29.8 Å². The first-order chi connectivity index (χ1) is 9.54. The Labute approximate surface area is 114 Å². The number of carbonyl (C=O) groups excluding carboxylic acids is 2. The van der Waals surface area contributed by atoms with E-state index in [2.05, 4.69) is 15.4 Å². The summed E-state index contributed by atoms with van der Waals surface area (Å²) in [6.07, 6.45) is 0.766. The van der Waals surface area contributed by atoms with Crippen molar-refractivity contribution >= 4 is 11.8 Å². The van der Waals surface area contributed by atoms with Gasteiger partial charge in [0.25, 0.3) is 0 Å². The van der Waals surface area contributed by atoms with Crippen molar-refractivity contribution in [1.82, 2.24) is 10.6 Å². The third-order valence-corrected chi connectivity index (χ3v) is 2.94. The molecule has 5 nitrogen and oxygen atoms in total. The maximum atomic E-state index is 12.0. The molecule has 1 aliphatic heterocycles. The first kappa shape index (κ1) is 14.4. The maximum Gasteiger partial charge on any atom is 0.387 e. The van der Waals surface area contributed by atoms with Gasteiger partial charge in [-0.1, -0.05) is 12.1 Å². The number of benzene rings is 1. The summed E-state index contributed by atoms with van der Waals surface area (Å²) in [5.74, 6) is -0.509. The summed E-state index contributed by atoms with van der Waals surface area (Å²) in [6, 6.07) is 5.73. The Kier molecular flexibility index (Phi) is 4.62. The molecule has 1 aliphatic rings. The summed E-state index contributed by atoms with van der Waals surface area (Å²) in [4.78, 5) is 22.5. The second kappa shape index (κ2) is 6.42. The standard InChI is InChI=1S/C13H14F2N2O3/c14-13(15)20-9-3-1-8(2-4-9)7-16-10-5-6-11(18)17-12(10)19/h1-4,10,13,16H,5-7H2,(H,17,18,19).